The van der Waals surface area contributed by atoms with Crippen LogP contribution in [0.5, 0.6) is 0 Å². The molecule has 9 heteroatoms. The van der Waals surface area contributed by atoms with Crippen LogP contribution in [0.15, 0.2) is 53.0 Å². The van der Waals surface area contributed by atoms with Crippen molar-refractivity contribution in [1.82, 2.24) is 24.6 Å². The lowest BCUT2D eigenvalue weighted by Gasteiger charge is -2.26. The van der Waals surface area contributed by atoms with E-state index < -0.39 is 0 Å². The van der Waals surface area contributed by atoms with E-state index in [0.717, 1.165) is 67.7 Å². The highest BCUT2D eigenvalue weighted by Crippen LogP contribution is 2.28. The number of hydrogen-bond acceptors (Lipinski definition) is 8. The highest BCUT2D eigenvalue weighted by atomic mass is 16.5. The predicted octanol–water partition coefficient (Wildman–Crippen LogP) is 2.88. The number of aromatic nitrogens is 4. The van der Waals surface area contributed by atoms with Crippen LogP contribution in [0.4, 0.5) is 11.5 Å². The molecule has 1 N–H and O–H groups in total. The van der Waals surface area contributed by atoms with Crippen molar-refractivity contribution in [1.29, 1.82) is 0 Å². The monoisotopic (exact) mass is 404 g/mol. The molecule has 0 amide bonds. The van der Waals surface area contributed by atoms with Gasteiger partial charge in [-0.25, -0.2) is 9.97 Å². The Labute approximate surface area is 174 Å². The number of benzene rings is 1. The Morgan fingerprint density at radius 1 is 0.967 bits per heavy atom. The number of nitrogens with zero attached hydrogens (tertiary/aromatic N) is 7. The van der Waals surface area contributed by atoms with Crippen molar-refractivity contribution in [3.8, 4) is 11.4 Å². The minimum Gasteiger partial charge on any atom is -0.379 e. The van der Waals surface area contributed by atoms with Crippen molar-refractivity contribution < 1.29 is 4.74 Å². The third kappa shape index (κ3) is 4.22. The largest absolute Gasteiger partial charge is 0.379 e. The summed E-state index contributed by atoms with van der Waals surface area (Å²) in [5.74, 6) is 1.46. The minimum absolute atomic E-state index is 0.477. The van der Waals surface area contributed by atoms with Crippen LogP contribution in [0, 0.1) is 0 Å². The first-order valence-corrected chi connectivity index (χ1v) is 10.2. The third-order valence-corrected chi connectivity index (χ3v) is 5.32. The molecule has 9 nitrogen and oxygen atoms in total. The maximum Gasteiger partial charge on any atom is 0.161 e. The molecule has 154 valence electrons. The van der Waals surface area contributed by atoms with Crippen LogP contribution in [-0.2, 0) is 24.4 Å². The van der Waals surface area contributed by atoms with Crippen molar-refractivity contribution in [3.05, 3.63) is 54.0 Å². The molecule has 0 bridgehead atoms. The smallest absolute Gasteiger partial charge is 0.161 e. The van der Waals surface area contributed by atoms with E-state index in [9.17, 15) is 0 Å². The molecule has 0 spiro atoms. The number of nitrogens with one attached hydrogen (secondary N) is 1. The van der Waals surface area contributed by atoms with Gasteiger partial charge >= 0.3 is 0 Å². The molecule has 30 heavy (non-hydrogen) atoms. The average molecular weight is 404 g/mol. The van der Waals surface area contributed by atoms with Crippen LogP contribution in [0.3, 0.4) is 0 Å². The van der Waals surface area contributed by atoms with Crippen molar-refractivity contribution >= 4 is 11.5 Å². The Bertz CT molecular complexity index is 1030. The molecule has 4 heterocycles. The molecule has 0 saturated carbocycles. The van der Waals surface area contributed by atoms with E-state index in [1.54, 1.807) is 0 Å². The summed E-state index contributed by atoms with van der Waals surface area (Å²) in [4.78, 5) is 11.9. The van der Waals surface area contributed by atoms with Gasteiger partial charge in [-0.05, 0) is 0 Å². The van der Waals surface area contributed by atoms with E-state index in [2.05, 4.69) is 25.5 Å². The molecule has 3 aromatic rings. The first-order valence-electron chi connectivity index (χ1n) is 10.2. The lowest BCUT2D eigenvalue weighted by molar-refractivity contribution is 0.0360. The maximum absolute atomic E-state index is 5.41. The topological polar surface area (TPSA) is 92.8 Å². The van der Waals surface area contributed by atoms with Crippen LogP contribution in [0.1, 0.15) is 11.3 Å². The zero-order chi connectivity index (χ0) is 20.2. The zero-order valence-corrected chi connectivity index (χ0v) is 16.7. The minimum atomic E-state index is 0.477. The van der Waals surface area contributed by atoms with E-state index in [4.69, 9.17) is 14.7 Å². The Hall–Kier alpha value is -3.17. The van der Waals surface area contributed by atoms with Gasteiger partial charge in [0.05, 0.1) is 43.9 Å². The Balaban J connectivity index is 1.35. The Morgan fingerprint density at radius 3 is 2.67 bits per heavy atom. The molecule has 0 unspecified atom stereocenters. The van der Waals surface area contributed by atoms with E-state index in [1.807, 2.05) is 47.4 Å². The van der Waals surface area contributed by atoms with Crippen LogP contribution in [-0.4, -0.2) is 57.5 Å². The van der Waals surface area contributed by atoms with Gasteiger partial charge in [0.1, 0.15) is 12.4 Å². The summed E-state index contributed by atoms with van der Waals surface area (Å²) in [5, 5.41) is 16.3. The second-order valence-corrected chi connectivity index (χ2v) is 7.36. The predicted molar refractivity (Wildman–Crippen MR) is 113 cm³/mol. The lowest BCUT2D eigenvalue weighted by atomic mass is 10.1. The number of hydrogen-bond donors (Lipinski definition) is 1. The fourth-order valence-corrected chi connectivity index (χ4v) is 3.64. The quantitative estimate of drug-likeness (QED) is 0.679. The van der Waals surface area contributed by atoms with Gasteiger partial charge in [-0.3, -0.25) is 9.58 Å². The number of morpholine rings is 1. The van der Waals surface area contributed by atoms with Gasteiger partial charge < -0.3 is 10.1 Å². The molecule has 1 saturated heterocycles. The normalized spacial score (nSPS) is 16.4. The van der Waals surface area contributed by atoms with E-state index in [0.29, 0.717) is 18.9 Å². The molecule has 2 aliphatic heterocycles. The Morgan fingerprint density at radius 2 is 1.80 bits per heavy atom. The van der Waals surface area contributed by atoms with Gasteiger partial charge in [0.2, 0.25) is 0 Å². The standard InChI is InChI=1S/C21H24N8O/c1-2-4-16(5-3-1)20-26-19-14-23-22-13-18(19)21(27-20)25-17-12-24-29(15-17)7-6-28-8-10-30-11-9-28/h1-5,12,15H,6-11,13-14H2,(H,25,26,27). The fraction of sp³-hybridized carbons (Fsp3) is 0.381. The second kappa shape index (κ2) is 8.68. The molecule has 0 aliphatic carbocycles. The fourth-order valence-electron chi connectivity index (χ4n) is 3.64. The summed E-state index contributed by atoms with van der Waals surface area (Å²) in [6.45, 7) is 6.35. The first-order chi connectivity index (χ1) is 14.8. The molecule has 1 aromatic carbocycles. The molecular formula is C21H24N8O. The summed E-state index contributed by atoms with van der Waals surface area (Å²) in [6, 6.07) is 9.99. The lowest BCUT2D eigenvalue weighted by Crippen LogP contribution is -2.38. The summed E-state index contributed by atoms with van der Waals surface area (Å²) in [5.41, 5.74) is 3.79. The van der Waals surface area contributed by atoms with Crippen molar-refractivity contribution in [2.24, 2.45) is 10.2 Å². The van der Waals surface area contributed by atoms with Crippen LogP contribution < -0.4 is 5.32 Å². The molecule has 2 aromatic heterocycles. The zero-order valence-electron chi connectivity index (χ0n) is 16.7. The number of ether oxygens (including phenoxy) is 1. The molecule has 1 fully saturated rings. The maximum atomic E-state index is 5.41. The highest BCUT2D eigenvalue weighted by Gasteiger charge is 2.18. The second-order valence-electron chi connectivity index (χ2n) is 7.36. The molecular weight excluding hydrogens is 380 g/mol. The summed E-state index contributed by atoms with van der Waals surface area (Å²) < 4.78 is 7.37. The molecule has 0 atom stereocenters. The summed E-state index contributed by atoms with van der Waals surface area (Å²) in [7, 11) is 0. The van der Waals surface area contributed by atoms with E-state index >= 15 is 0 Å². The van der Waals surface area contributed by atoms with E-state index in [1.165, 1.54) is 0 Å². The van der Waals surface area contributed by atoms with Crippen molar-refractivity contribution in [2.45, 2.75) is 19.6 Å². The van der Waals surface area contributed by atoms with Crippen LogP contribution >= 0.6 is 0 Å². The average Bonchev–Trinajstić information content (AvgIpc) is 3.26. The number of fused-ring (bicyclic) bond motifs is 1. The van der Waals surface area contributed by atoms with Crippen LogP contribution in [0.2, 0.25) is 0 Å². The first kappa shape index (κ1) is 18.8. The molecule has 5 rings (SSSR count). The molecule has 2 aliphatic rings. The Kier molecular flexibility index (Phi) is 5.45. The highest BCUT2D eigenvalue weighted by molar-refractivity contribution is 5.64. The number of azo groups is 1. The van der Waals surface area contributed by atoms with Gasteiger partial charge in [-0.1, -0.05) is 30.3 Å². The van der Waals surface area contributed by atoms with Gasteiger partial charge in [0, 0.05) is 37.0 Å². The third-order valence-electron chi connectivity index (χ3n) is 5.32. The number of rotatable bonds is 6. The van der Waals surface area contributed by atoms with E-state index in [-0.39, 0.29) is 0 Å². The van der Waals surface area contributed by atoms with Crippen LogP contribution in [0.25, 0.3) is 11.4 Å². The van der Waals surface area contributed by atoms with Gasteiger partial charge in [0.25, 0.3) is 0 Å². The molecule has 0 radical (unpaired) electrons. The van der Waals surface area contributed by atoms with Crippen molar-refractivity contribution in [2.75, 3.05) is 38.2 Å². The van der Waals surface area contributed by atoms with Gasteiger partial charge in [-0.15, -0.1) is 0 Å². The number of anilines is 2. The summed E-state index contributed by atoms with van der Waals surface area (Å²) in [6.07, 6.45) is 3.85. The van der Waals surface area contributed by atoms with Crippen molar-refractivity contribution in [3.63, 3.8) is 0 Å². The summed E-state index contributed by atoms with van der Waals surface area (Å²) >= 11 is 0. The SMILES string of the molecule is c1ccc(-c2nc3c(c(Nc4cnn(CCN5CCOCC5)c4)n2)CN=NC3)cc1. The van der Waals surface area contributed by atoms with Gasteiger partial charge in [-0.2, -0.15) is 15.3 Å². The van der Waals surface area contributed by atoms with Gasteiger partial charge in [0.15, 0.2) is 5.82 Å².